The van der Waals surface area contributed by atoms with Gasteiger partial charge in [-0.25, -0.2) is 25.9 Å². The molecule has 0 spiro atoms. The normalized spacial score (nSPS) is 12.5. The first-order chi connectivity index (χ1) is 9.70. The van der Waals surface area contributed by atoms with Gasteiger partial charge in [0.1, 0.15) is 10.7 Å². The van der Waals surface area contributed by atoms with Crippen LogP contribution in [0.1, 0.15) is 4.88 Å². The molecular weight excluding hydrogens is 339 g/mol. The number of benzene rings is 1. The molecule has 21 heavy (non-hydrogen) atoms. The maximum absolute atomic E-state index is 13.7. The summed E-state index contributed by atoms with van der Waals surface area (Å²) in [6, 6.07) is 2.64. The van der Waals surface area contributed by atoms with Crippen LogP contribution in [0.15, 0.2) is 39.7 Å². The second-order valence-corrected chi connectivity index (χ2v) is 8.88. The maximum Gasteiger partial charge on any atom is 0.243 e. The fourth-order valence-electron chi connectivity index (χ4n) is 1.49. The van der Waals surface area contributed by atoms with E-state index in [1.165, 1.54) is 23.0 Å². The third-order valence-corrected chi connectivity index (χ3v) is 5.85. The Labute approximate surface area is 125 Å². The van der Waals surface area contributed by atoms with E-state index in [1.54, 1.807) is 0 Å². The second-order valence-electron chi connectivity index (χ2n) is 4.16. The van der Waals surface area contributed by atoms with Crippen molar-refractivity contribution in [3.05, 3.63) is 40.6 Å². The first-order valence-corrected chi connectivity index (χ1v) is 9.82. The van der Waals surface area contributed by atoms with Gasteiger partial charge in [-0.3, -0.25) is 4.98 Å². The largest absolute Gasteiger partial charge is 0.253 e. The Hall–Kier alpha value is -1.36. The first-order valence-electron chi connectivity index (χ1n) is 5.57. The molecule has 6 nitrogen and oxygen atoms in total. The van der Waals surface area contributed by atoms with Gasteiger partial charge in [0, 0.05) is 23.9 Å². The molecule has 1 aromatic carbocycles. The number of sulfone groups is 1. The third-order valence-electron chi connectivity index (χ3n) is 2.54. The van der Waals surface area contributed by atoms with Crippen LogP contribution < -0.4 is 4.72 Å². The molecule has 0 aliphatic heterocycles. The average molecular weight is 350 g/mol. The number of aromatic nitrogens is 1. The number of rotatable bonds is 5. The molecule has 0 saturated carbocycles. The van der Waals surface area contributed by atoms with Crippen molar-refractivity contribution in [2.24, 2.45) is 0 Å². The van der Waals surface area contributed by atoms with E-state index in [9.17, 15) is 21.2 Å². The monoisotopic (exact) mass is 350 g/mol. The highest BCUT2D eigenvalue weighted by Gasteiger charge is 2.21. The van der Waals surface area contributed by atoms with Gasteiger partial charge in [-0.1, -0.05) is 0 Å². The molecule has 0 amide bonds. The van der Waals surface area contributed by atoms with Crippen molar-refractivity contribution in [3.8, 4) is 0 Å². The standard InChI is InChI=1S/C11H11FN2O4S3/c1-20(15,16)9-2-3-10(12)11(4-9)21(17,18)14-6-8-5-13-7-19-8/h2-5,7,14H,6H2,1H3. The van der Waals surface area contributed by atoms with E-state index in [1.807, 2.05) is 0 Å². The van der Waals surface area contributed by atoms with Gasteiger partial charge in [-0.05, 0) is 18.2 Å². The van der Waals surface area contributed by atoms with E-state index in [-0.39, 0.29) is 11.4 Å². The lowest BCUT2D eigenvalue weighted by molar-refractivity contribution is 0.555. The quantitative estimate of drug-likeness (QED) is 0.817. The summed E-state index contributed by atoms with van der Waals surface area (Å²) < 4.78 is 62.9. The van der Waals surface area contributed by atoms with E-state index in [0.717, 1.165) is 24.5 Å². The Morgan fingerprint density at radius 1 is 1.29 bits per heavy atom. The van der Waals surface area contributed by atoms with E-state index in [2.05, 4.69) is 9.71 Å². The lowest BCUT2D eigenvalue weighted by Gasteiger charge is -2.08. The van der Waals surface area contributed by atoms with Crippen LogP contribution in [0.25, 0.3) is 0 Å². The van der Waals surface area contributed by atoms with Crippen LogP contribution in [0.5, 0.6) is 0 Å². The minimum Gasteiger partial charge on any atom is -0.253 e. The summed E-state index contributed by atoms with van der Waals surface area (Å²) in [5, 5.41) is 0. The van der Waals surface area contributed by atoms with Gasteiger partial charge < -0.3 is 0 Å². The van der Waals surface area contributed by atoms with Crippen LogP contribution in [0.2, 0.25) is 0 Å². The fraction of sp³-hybridized carbons (Fsp3) is 0.182. The van der Waals surface area contributed by atoms with Crippen LogP contribution in [-0.4, -0.2) is 28.1 Å². The summed E-state index contributed by atoms with van der Waals surface area (Å²) in [5.41, 5.74) is 1.54. The van der Waals surface area contributed by atoms with Crippen molar-refractivity contribution < 1.29 is 21.2 Å². The van der Waals surface area contributed by atoms with Crippen molar-refractivity contribution in [2.45, 2.75) is 16.3 Å². The minimum atomic E-state index is -4.16. The number of halogens is 1. The highest BCUT2D eigenvalue weighted by molar-refractivity contribution is 7.91. The number of sulfonamides is 1. The van der Waals surface area contributed by atoms with Crippen molar-refractivity contribution in [1.82, 2.24) is 9.71 Å². The summed E-state index contributed by atoms with van der Waals surface area (Å²) in [5.74, 6) is -1.01. The average Bonchev–Trinajstić information content (AvgIpc) is 2.88. The zero-order valence-corrected chi connectivity index (χ0v) is 13.2. The van der Waals surface area contributed by atoms with E-state index in [0.29, 0.717) is 4.88 Å². The predicted molar refractivity (Wildman–Crippen MR) is 75.6 cm³/mol. The predicted octanol–water partition coefficient (Wildman–Crippen LogP) is 1.16. The minimum absolute atomic E-state index is 0.0461. The topological polar surface area (TPSA) is 93.2 Å². The Balaban J connectivity index is 2.35. The lowest BCUT2D eigenvalue weighted by Crippen LogP contribution is -2.24. The zero-order valence-electron chi connectivity index (χ0n) is 10.8. The Bertz CT molecular complexity index is 846. The van der Waals surface area contributed by atoms with Gasteiger partial charge in [0.2, 0.25) is 10.0 Å². The molecule has 1 N–H and O–H groups in total. The molecule has 0 saturated heterocycles. The van der Waals surface area contributed by atoms with Gasteiger partial charge >= 0.3 is 0 Å². The Kier molecular flexibility index (Phi) is 4.42. The molecule has 0 aliphatic rings. The molecule has 0 fully saturated rings. The smallest absolute Gasteiger partial charge is 0.243 e. The van der Waals surface area contributed by atoms with E-state index < -0.39 is 30.6 Å². The summed E-state index contributed by atoms with van der Waals surface area (Å²) >= 11 is 1.24. The summed E-state index contributed by atoms with van der Waals surface area (Å²) in [7, 11) is -7.79. The number of nitrogens with one attached hydrogen (secondary N) is 1. The molecule has 0 bridgehead atoms. The van der Waals surface area contributed by atoms with Gasteiger partial charge in [0.25, 0.3) is 0 Å². The molecule has 1 aromatic heterocycles. The van der Waals surface area contributed by atoms with Crippen LogP contribution in [0, 0.1) is 5.82 Å². The molecule has 0 radical (unpaired) electrons. The molecule has 1 heterocycles. The molecule has 10 heteroatoms. The van der Waals surface area contributed by atoms with Crippen molar-refractivity contribution in [3.63, 3.8) is 0 Å². The van der Waals surface area contributed by atoms with Crippen LogP contribution in [0.4, 0.5) is 4.39 Å². The highest BCUT2D eigenvalue weighted by Crippen LogP contribution is 2.20. The third kappa shape index (κ3) is 3.84. The van der Waals surface area contributed by atoms with E-state index >= 15 is 0 Å². The Morgan fingerprint density at radius 2 is 2.00 bits per heavy atom. The van der Waals surface area contributed by atoms with Crippen molar-refractivity contribution in [1.29, 1.82) is 0 Å². The summed E-state index contributed by atoms with van der Waals surface area (Å²) in [6.07, 6.45) is 2.40. The fourth-order valence-corrected chi connectivity index (χ4v) is 3.95. The molecule has 2 rings (SSSR count). The lowest BCUT2D eigenvalue weighted by atomic mass is 10.3. The van der Waals surface area contributed by atoms with Crippen molar-refractivity contribution >= 4 is 31.2 Å². The van der Waals surface area contributed by atoms with Crippen LogP contribution in [-0.2, 0) is 26.4 Å². The zero-order chi connectivity index (χ0) is 15.7. The van der Waals surface area contributed by atoms with Gasteiger partial charge in [0.05, 0.1) is 10.4 Å². The van der Waals surface area contributed by atoms with Gasteiger partial charge in [-0.15, -0.1) is 11.3 Å². The SMILES string of the molecule is CS(=O)(=O)c1ccc(F)c(S(=O)(=O)NCc2cncs2)c1. The maximum atomic E-state index is 13.7. The number of hydrogen-bond donors (Lipinski definition) is 1. The molecular formula is C11H11FN2O4S3. The van der Waals surface area contributed by atoms with Gasteiger partial charge in [-0.2, -0.15) is 0 Å². The molecule has 0 aliphatic carbocycles. The summed E-state index contributed by atoms with van der Waals surface area (Å²) in [4.78, 5) is 3.48. The molecule has 114 valence electrons. The molecule has 2 aromatic rings. The molecule has 0 unspecified atom stereocenters. The number of hydrogen-bond acceptors (Lipinski definition) is 6. The van der Waals surface area contributed by atoms with Crippen LogP contribution >= 0.6 is 11.3 Å². The molecule has 0 atom stereocenters. The van der Waals surface area contributed by atoms with Crippen molar-refractivity contribution in [2.75, 3.05) is 6.26 Å². The Morgan fingerprint density at radius 3 is 2.57 bits per heavy atom. The van der Waals surface area contributed by atoms with E-state index in [4.69, 9.17) is 0 Å². The number of nitrogens with zero attached hydrogens (tertiary/aromatic N) is 1. The first kappa shape index (κ1) is 16.0. The summed E-state index contributed by atoms with van der Waals surface area (Å²) in [6.45, 7) is -0.0461. The van der Waals surface area contributed by atoms with Gasteiger partial charge in [0.15, 0.2) is 9.84 Å². The highest BCUT2D eigenvalue weighted by atomic mass is 32.2. The second kappa shape index (κ2) is 5.79. The number of thiazole rings is 1. The van der Waals surface area contributed by atoms with Crippen LogP contribution in [0.3, 0.4) is 0 Å².